The number of carboxylic acids is 1. The van der Waals surface area contributed by atoms with Gasteiger partial charge in [-0.25, -0.2) is 0 Å². The fourth-order valence-electron chi connectivity index (χ4n) is 2.36. The molecule has 0 bridgehead atoms. The summed E-state index contributed by atoms with van der Waals surface area (Å²) in [5.74, 6) is -1.91. The highest BCUT2D eigenvalue weighted by Crippen LogP contribution is 2.18. The number of nitriles is 1. The highest BCUT2D eigenvalue weighted by molar-refractivity contribution is 6.03. The van der Waals surface area contributed by atoms with Crippen LogP contribution in [0.15, 0.2) is 48.5 Å². The van der Waals surface area contributed by atoms with Crippen molar-refractivity contribution in [2.24, 2.45) is 5.92 Å². The van der Waals surface area contributed by atoms with Crippen molar-refractivity contribution >= 4 is 17.5 Å². The molecule has 0 amide bonds. The molecule has 0 N–H and O–H groups in total. The van der Waals surface area contributed by atoms with E-state index >= 15 is 0 Å². The topological polar surface area (TPSA) is 107 Å². The second kappa shape index (κ2) is 8.58. The van der Waals surface area contributed by atoms with Crippen molar-refractivity contribution in [2.75, 3.05) is 6.61 Å². The number of rotatable bonds is 8. The number of benzene rings is 2. The van der Waals surface area contributed by atoms with Gasteiger partial charge in [0.15, 0.2) is 11.6 Å². The maximum atomic E-state index is 12.4. The SMILES string of the molecule is CC(CC(=O)c1ccc(C#N)cc1)C(=O)c1ccc(OCC(=O)[O-])cc1. The van der Waals surface area contributed by atoms with Crippen LogP contribution in [0.25, 0.3) is 0 Å². The molecule has 2 aromatic carbocycles. The molecule has 132 valence electrons. The third-order valence-corrected chi connectivity index (χ3v) is 3.77. The molecule has 0 aliphatic carbocycles. The monoisotopic (exact) mass is 350 g/mol. The standard InChI is InChI=1S/C20H17NO5/c1-13(10-18(22)15-4-2-14(11-21)3-5-15)20(25)16-6-8-17(9-7-16)26-12-19(23)24/h2-9,13H,10,12H2,1H3,(H,23,24)/p-1. The summed E-state index contributed by atoms with van der Waals surface area (Å²) in [5.41, 5.74) is 1.33. The molecule has 0 fully saturated rings. The van der Waals surface area contributed by atoms with Gasteiger partial charge in [-0.2, -0.15) is 5.26 Å². The number of aliphatic carboxylic acids is 1. The molecule has 2 aromatic rings. The van der Waals surface area contributed by atoms with Gasteiger partial charge in [0.05, 0.1) is 17.6 Å². The van der Waals surface area contributed by atoms with E-state index in [-0.39, 0.29) is 18.0 Å². The maximum absolute atomic E-state index is 12.4. The van der Waals surface area contributed by atoms with E-state index < -0.39 is 18.5 Å². The van der Waals surface area contributed by atoms with Crippen molar-refractivity contribution in [3.8, 4) is 11.8 Å². The zero-order valence-corrected chi connectivity index (χ0v) is 14.1. The number of hydrogen-bond donors (Lipinski definition) is 0. The molecule has 0 radical (unpaired) electrons. The number of hydrogen-bond acceptors (Lipinski definition) is 6. The summed E-state index contributed by atoms with van der Waals surface area (Å²) in [6, 6.07) is 14.3. The van der Waals surface area contributed by atoms with E-state index in [0.29, 0.717) is 22.4 Å². The first-order valence-corrected chi connectivity index (χ1v) is 7.91. The van der Waals surface area contributed by atoms with Crippen LogP contribution in [-0.2, 0) is 4.79 Å². The summed E-state index contributed by atoms with van der Waals surface area (Å²) in [4.78, 5) is 35.1. The highest BCUT2D eigenvalue weighted by Gasteiger charge is 2.19. The second-order valence-corrected chi connectivity index (χ2v) is 5.77. The molecule has 6 heteroatoms. The van der Waals surface area contributed by atoms with E-state index in [4.69, 9.17) is 10.00 Å². The van der Waals surface area contributed by atoms with Gasteiger partial charge in [0.1, 0.15) is 12.4 Å². The predicted octanol–water partition coefficient (Wildman–Crippen LogP) is 1.78. The molecular formula is C20H16NO5-. The van der Waals surface area contributed by atoms with E-state index in [9.17, 15) is 19.5 Å². The lowest BCUT2D eigenvalue weighted by Crippen LogP contribution is -2.28. The van der Waals surface area contributed by atoms with Crippen molar-refractivity contribution in [1.29, 1.82) is 5.26 Å². The molecule has 0 spiro atoms. The molecule has 0 saturated carbocycles. The number of ketones is 2. The summed E-state index contributed by atoms with van der Waals surface area (Å²) in [6.45, 7) is 1.10. The fourth-order valence-corrected chi connectivity index (χ4v) is 2.36. The molecule has 26 heavy (non-hydrogen) atoms. The van der Waals surface area contributed by atoms with Gasteiger partial charge >= 0.3 is 0 Å². The van der Waals surface area contributed by atoms with Gasteiger partial charge in [-0.3, -0.25) is 9.59 Å². The lowest BCUT2D eigenvalue weighted by atomic mass is 9.92. The van der Waals surface area contributed by atoms with E-state index in [1.807, 2.05) is 6.07 Å². The largest absolute Gasteiger partial charge is 0.546 e. The van der Waals surface area contributed by atoms with E-state index in [1.165, 1.54) is 24.3 Å². The average molecular weight is 350 g/mol. The van der Waals surface area contributed by atoms with Crippen LogP contribution in [0.2, 0.25) is 0 Å². The van der Waals surface area contributed by atoms with Gasteiger partial charge in [0.25, 0.3) is 0 Å². The Bertz CT molecular complexity index is 847. The van der Waals surface area contributed by atoms with Gasteiger partial charge in [-0.05, 0) is 36.4 Å². The fraction of sp³-hybridized carbons (Fsp3) is 0.200. The van der Waals surface area contributed by atoms with Crippen LogP contribution in [0.1, 0.15) is 39.6 Å². The van der Waals surface area contributed by atoms with Gasteiger partial charge in [-0.1, -0.05) is 19.1 Å². The Morgan fingerprint density at radius 2 is 1.62 bits per heavy atom. The first-order chi connectivity index (χ1) is 12.4. The van der Waals surface area contributed by atoms with E-state index in [1.54, 1.807) is 31.2 Å². The van der Waals surface area contributed by atoms with Crippen LogP contribution in [0.4, 0.5) is 0 Å². The van der Waals surface area contributed by atoms with Crippen LogP contribution in [-0.4, -0.2) is 24.1 Å². The molecular weight excluding hydrogens is 334 g/mol. The van der Waals surface area contributed by atoms with Crippen LogP contribution in [0, 0.1) is 17.2 Å². The zero-order chi connectivity index (χ0) is 19.1. The normalized spacial score (nSPS) is 11.2. The molecule has 0 heterocycles. The van der Waals surface area contributed by atoms with Gasteiger partial charge in [0, 0.05) is 23.5 Å². The number of carbonyl (C=O) groups is 3. The molecule has 1 unspecified atom stereocenters. The van der Waals surface area contributed by atoms with Crippen LogP contribution < -0.4 is 9.84 Å². The third kappa shape index (κ3) is 5.02. The van der Waals surface area contributed by atoms with Crippen LogP contribution in [0.3, 0.4) is 0 Å². The molecule has 2 rings (SSSR count). The lowest BCUT2D eigenvalue weighted by molar-refractivity contribution is -0.307. The van der Waals surface area contributed by atoms with Crippen molar-refractivity contribution in [3.63, 3.8) is 0 Å². The number of carboxylic acid groups (broad SMARTS) is 1. The minimum Gasteiger partial charge on any atom is -0.546 e. The van der Waals surface area contributed by atoms with Crippen LogP contribution >= 0.6 is 0 Å². The Balaban J connectivity index is 1.98. The van der Waals surface area contributed by atoms with Crippen molar-refractivity contribution in [2.45, 2.75) is 13.3 Å². The summed E-state index contributed by atoms with van der Waals surface area (Å²) >= 11 is 0. The number of Topliss-reactive ketones (excluding diaryl/α,β-unsaturated/α-hetero) is 2. The molecule has 0 saturated heterocycles. The first kappa shape index (κ1) is 18.9. The predicted molar refractivity (Wildman–Crippen MR) is 90.5 cm³/mol. The zero-order valence-electron chi connectivity index (χ0n) is 14.1. The van der Waals surface area contributed by atoms with Crippen molar-refractivity contribution in [1.82, 2.24) is 0 Å². The first-order valence-electron chi connectivity index (χ1n) is 7.91. The summed E-state index contributed by atoms with van der Waals surface area (Å²) in [6.07, 6.45) is 0.0493. The average Bonchev–Trinajstić information content (AvgIpc) is 2.66. The highest BCUT2D eigenvalue weighted by atomic mass is 16.5. The Hall–Kier alpha value is -3.46. The molecule has 0 aromatic heterocycles. The molecule has 6 nitrogen and oxygen atoms in total. The maximum Gasteiger partial charge on any atom is 0.166 e. The van der Waals surface area contributed by atoms with Gasteiger partial charge in [-0.15, -0.1) is 0 Å². The van der Waals surface area contributed by atoms with Crippen LogP contribution in [0.5, 0.6) is 5.75 Å². The molecule has 1 atom stereocenters. The Morgan fingerprint density at radius 1 is 1.04 bits per heavy atom. The quantitative estimate of drug-likeness (QED) is 0.672. The Kier molecular flexibility index (Phi) is 6.23. The summed E-state index contributed by atoms with van der Waals surface area (Å²) < 4.78 is 4.95. The molecule has 0 aliphatic heterocycles. The van der Waals surface area contributed by atoms with E-state index in [0.717, 1.165) is 0 Å². The minimum atomic E-state index is -1.33. The third-order valence-electron chi connectivity index (χ3n) is 3.77. The lowest BCUT2D eigenvalue weighted by Gasteiger charge is -2.11. The minimum absolute atomic E-state index is 0.0493. The number of ether oxygens (including phenoxy) is 1. The smallest absolute Gasteiger partial charge is 0.166 e. The number of carbonyl (C=O) groups excluding carboxylic acids is 3. The van der Waals surface area contributed by atoms with E-state index in [2.05, 4.69) is 0 Å². The number of nitrogens with zero attached hydrogens (tertiary/aromatic N) is 1. The second-order valence-electron chi connectivity index (χ2n) is 5.77. The van der Waals surface area contributed by atoms with Crippen molar-refractivity contribution < 1.29 is 24.2 Å². The Morgan fingerprint density at radius 3 is 2.15 bits per heavy atom. The summed E-state index contributed by atoms with van der Waals surface area (Å²) in [7, 11) is 0. The Labute approximate surface area is 150 Å². The van der Waals surface area contributed by atoms with Gasteiger partial charge in [0.2, 0.25) is 0 Å². The van der Waals surface area contributed by atoms with Gasteiger partial charge < -0.3 is 14.6 Å². The van der Waals surface area contributed by atoms with Crippen molar-refractivity contribution in [3.05, 3.63) is 65.2 Å². The molecule has 0 aliphatic rings. The summed E-state index contributed by atoms with van der Waals surface area (Å²) in [5, 5.41) is 19.1.